The van der Waals surface area contributed by atoms with E-state index in [0.717, 1.165) is 24.3 Å². The summed E-state index contributed by atoms with van der Waals surface area (Å²) in [6.45, 7) is -3.03. The summed E-state index contributed by atoms with van der Waals surface area (Å²) >= 11 is 0. The predicted octanol–water partition coefficient (Wildman–Crippen LogP) is 7.91. The van der Waals surface area contributed by atoms with Gasteiger partial charge in [-0.2, -0.15) is 26.3 Å². The van der Waals surface area contributed by atoms with Gasteiger partial charge in [-0.3, -0.25) is 9.59 Å². The molecule has 0 aliphatic rings. The van der Waals surface area contributed by atoms with Gasteiger partial charge >= 0.3 is 24.3 Å². The minimum Gasteiger partial charge on any atom is -0.493 e. The van der Waals surface area contributed by atoms with Gasteiger partial charge in [0.15, 0.2) is 42.0 Å². The second kappa shape index (κ2) is 21.4. The van der Waals surface area contributed by atoms with Crippen LogP contribution in [0.5, 0.6) is 34.5 Å². The first-order chi connectivity index (χ1) is 31.5. The Morgan fingerprint density at radius 2 is 1.00 bits per heavy atom. The molecule has 1 atom stereocenters. The van der Waals surface area contributed by atoms with E-state index in [-0.39, 0.29) is 68.1 Å². The molecule has 0 bridgehead atoms. The van der Waals surface area contributed by atoms with Crippen LogP contribution >= 0.6 is 0 Å². The molecule has 0 aliphatic carbocycles. The Hall–Kier alpha value is -7.84. The number of nitrogen functional groups attached to an aromatic ring is 2. The van der Waals surface area contributed by atoms with Crippen molar-refractivity contribution in [3.63, 3.8) is 0 Å². The molecule has 0 spiro atoms. The topological polar surface area (TPSA) is 216 Å². The van der Waals surface area contributed by atoms with E-state index in [4.69, 9.17) is 30.4 Å². The van der Waals surface area contributed by atoms with E-state index in [1.165, 1.54) is 117 Å². The monoisotopic (exact) mass is 938 g/mol. The lowest BCUT2D eigenvalue weighted by Crippen LogP contribution is -2.44. The largest absolute Gasteiger partial charge is 0.493 e. The average Bonchev–Trinajstić information content (AvgIpc) is 3.27. The minimum absolute atomic E-state index is 0.00561. The number of allylic oxidation sites excluding steroid dienone is 1. The second-order valence-electron chi connectivity index (χ2n) is 14.4. The highest BCUT2D eigenvalue weighted by Crippen LogP contribution is 2.36. The number of halogens is 6. The van der Waals surface area contributed by atoms with Crippen molar-refractivity contribution in [1.82, 2.24) is 0 Å². The Kier molecular flexibility index (Phi) is 16.0. The van der Waals surface area contributed by atoms with Crippen molar-refractivity contribution in [3.05, 3.63) is 143 Å². The first-order valence-electron chi connectivity index (χ1n) is 19.5. The zero-order valence-corrected chi connectivity index (χ0v) is 35.2. The maximum Gasteiger partial charge on any atom is 0.422 e. The molecule has 20 heteroatoms. The summed E-state index contributed by atoms with van der Waals surface area (Å²) < 4.78 is 106. The third-order valence-corrected chi connectivity index (χ3v) is 9.31. The second-order valence-corrected chi connectivity index (χ2v) is 14.4. The van der Waals surface area contributed by atoms with Crippen molar-refractivity contribution in [2.24, 2.45) is 0 Å². The molecule has 5 rings (SSSR count). The normalized spacial score (nSPS) is 12.4. The highest BCUT2D eigenvalue weighted by atomic mass is 19.4. The standard InChI is InChI=1S/C47H40F6N2O12/c1-62-40-19-27(4-16-38(40)66-43(58)29-7-12-35(13-8-29)64-25-45(48,49)50)3-11-34(56)24-37(31-21-32(54)23-33(55)22-31)47(60,61)42(57)18-6-28-5-17-39(41(20-28)63-2)67-44(59)30-9-14-36(15-10-30)65-26-46(51,52)53/h3-23,37,60-61H,24-26,54-55H2,1-2H3/b11-3+,18-6+. The fourth-order valence-corrected chi connectivity index (χ4v) is 6.09. The van der Waals surface area contributed by atoms with Crippen LogP contribution < -0.4 is 39.9 Å². The lowest BCUT2D eigenvalue weighted by Gasteiger charge is -2.29. The van der Waals surface area contributed by atoms with Crippen molar-refractivity contribution < 1.29 is 84.2 Å². The van der Waals surface area contributed by atoms with Crippen molar-refractivity contribution in [1.29, 1.82) is 0 Å². The van der Waals surface area contributed by atoms with Crippen LogP contribution in [-0.2, 0) is 9.59 Å². The summed E-state index contributed by atoms with van der Waals surface area (Å²) in [5, 5.41) is 22.8. The number of hydrogen-bond acceptors (Lipinski definition) is 14. The number of hydrogen-bond donors (Lipinski definition) is 4. The van der Waals surface area contributed by atoms with E-state index in [1.54, 1.807) is 0 Å². The maximum atomic E-state index is 13.5. The van der Waals surface area contributed by atoms with Crippen molar-refractivity contribution >= 4 is 47.0 Å². The van der Waals surface area contributed by atoms with Crippen molar-refractivity contribution in [3.8, 4) is 34.5 Å². The Morgan fingerprint density at radius 3 is 1.40 bits per heavy atom. The van der Waals surface area contributed by atoms with Gasteiger partial charge in [-0.05, 0) is 120 Å². The molecule has 67 heavy (non-hydrogen) atoms. The van der Waals surface area contributed by atoms with Gasteiger partial charge in [0, 0.05) is 17.8 Å². The van der Waals surface area contributed by atoms with E-state index in [9.17, 15) is 55.7 Å². The van der Waals surface area contributed by atoms with Crippen LogP contribution in [0.15, 0.2) is 115 Å². The molecule has 0 fully saturated rings. The molecule has 0 heterocycles. The van der Waals surface area contributed by atoms with Gasteiger partial charge in [0.05, 0.1) is 31.3 Å². The minimum atomic E-state index is -4.55. The quantitative estimate of drug-likeness (QED) is 0.0155. The SMILES string of the molecule is COc1cc(/C=C/C(=O)CC(c2cc(N)cc(N)c2)C(O)(O)C(=O)/C=C/c2ccc(OC(=O)c3ccc(OCC(F)(F)F)cc3)c(OC)c2)ccc1OC(=O)c1ccc(OCC(F)(F)F)cc1. The number of rotatable bonds is 19. The summed E-state index contributed by atoms with van der Waals surface area (Å²) in [5.41, 5.74) is 12.8. The van der Waals surface area contributed by atoms with Crippen molar-refractivity contribution in [2.75, 3.05) is 38.9 Å². The van der Waals surface area contributed by atoms with E-state index in [2.05, 4.69) is 9.47 Å². The van der Waals surface area contributed by atoms with Gasteiger partial charge in [0.25, 0.3) is 0 Å². The Labute approximate surface area is 377 Å². The van der Waals surface area contributed by atoms with Crippen LogP contribution in [0, 0.1) is 0 Å². The van der Waals surface area contributed by atoms with Gasteiger partial charge in [-0.15, -0.1) is 0 Å². The number of carbonyl (C=O) groups is 4. The van der Waals surface area contributed by atoms with Gasteiger partial charge in [-0.25, -0.2) is 9.59 Å². The third kappa shape index (κ3) is 14.6. The molecule has 0 aromatic heterocycles. The third-order valence-electron chi connectivity index (χ3n) is 9.31. The van der Waals surface area contributed by atoms with Gasteiger partial charge in [0.1, 0.15) is 11.5 Å². The van der Waals surface area contributed by atoms with Gasteiger partial charge in [-0.1, -0.05) is 24.3 Å². The smallest absolute Gasteiger partial charge is 0.422 e. The van der Waals surface area contributed by atoms with E-state index in [0.29, 0.717) is 5.56 Å². The molecule has 0 saturated heterocycles. The van der Waals surface area contributed by atoms with Crippen LogP contribution in [0.3, 0.4) is 0 Å². The van der Waals surface area contributed by atoms with E-state index >= 15 is 0 Å². The first-order valence-corrected chi connectivity index (χ1v) is 19.5. The van der Waals surface area contributed by atoms with E-state index < -0.39 is 67.2 Å². The number of esters is 2. The zero-order valence-electron chi connectivity index (χ0n) is 35.2. The van der Waals surface area contributed by atoms with Crippen LogP contribution in [0.25, 0.3) is 12.2 Å². The Bertz CT molecular complexity index is 2630. The fraction of sp³-hybridized carbons (Fsp3) is 0.191. The fourth-order valence-electron chi connectivity index (χ4n) is 6.09. The number of alkyl halides is 6. The maximum absolute atomic E-state index is 13.5. The zero-order chi connectivity index (χ0) is 49.1. The lowest BCUT2D eigenvalue weighted by molar-refractivity contribution is -0.187. The summed E-state index contributed by atoms with van der Waals surface area (Å²) in [7, 11) is 2.55. The number of nitrogens with two attached hydrogens (primary N) is 2. The number of ketones is 2. The van der Waals surface area contributed by atoms with E-state index in [1.807, 2.05) is 0 Å². The van der Waals surface area contributed by atoms with Gasteiger partial charge < -0.3 is 50.1 Å². The lowest BCUT2D eigenvalue weighted by atomic mass is 9.83. The number of methoxy groups -OCH3 is 2. The highest BCUT2D eigenvalue weighted by molar-refractivity contribution is 6.01. The number of carbonyl (C=O) groups excluding carboxylic acids is 4. The molecule has 5 aromatic rings. The van der Waals surface area contributed by atoms with Crippen molar-refractivity contribution in [2.45, 2.75) is 30.5 Å². The molecule has 352 valence electrons. The van der Waals surface area contributed by atoms with Gasteiger partial charge in [0.2, 0.25) is 11.6 Å². The Morgan fingerprint density at radius 1 is 0.582 bits per heavy atom. The summed E-state index contributed by atoms with van der Waals surface area (Å²) in [6.07, 6.45) is -5.26. The first kappa shape index (κ1) is 50.2. The van der Waals surface area contributed by atoms with Crippen LogP contribution in [0.1, 0.15) is 49.7 Å². The highest BCUT2D eigenvalue weighted by Gasteiger charge is 2.42. The molecular weight excluding hydrogens is 899 g/mol. The molecule has 5 aromatic carbocycles. The number of ether oxygens (including phenoxy) is 6. The average molecular weight is 939 g/mol. The number of benzene rings is 5. The number of aliphatic hydroxyl groups is 2. The molecule has 6 N–H and O–H groups in total. The molecule has 1 unspecified atom stereocenters. The molecule has 0 saturated carbocycles. The number of anilines is 2. The molecule has 0 amide bonds. The molecule has 0 aliphatic heterocycles. The van der Waals surface area contributed by atoms with Crippen LogP contribution in [0.4, 0.5) is 37.7 Å². The molecule has 0 radical (unpaired) electrons. The molecule has 14 nitrogen and oxygen atoms in total. The predicted molar refractivity (Wildman–Crippen MR) is 230 cm³/mol. The molecular formula is C47H40F6N2O12. The van der Waals surface area contributed by atoms with Crippen LogP contribution in [-0.4, -0.2) is 79.3 Å². The summed E-state index contributed by atoms with van der Waals surface area (Å²) in [6, 6.07) is 21.8. The summed E-state index contributed by atoms with van der Waals surface area (Å²) in [4.78, 5) is 52.5. The Balaban J connectivity index is 1.27. The van der Waals surface area contributed by atoms with Crippen LogP contribution in [0.2, 0.25) is 0 Å². The summed E-state index contributed by atoms with van der Waals surface area (Å²) in [5.74, 6) is -8.83.